The van der Waals surface area contributed by atoms with Crippen LogP contribution in [0.1, 0.15) is 22.4 Å². The van der Waals surface area contributed by atoms with Crippen LogP contribution in [0.4, 0.5) is 0 Å². The molecule has 0 aliphatic rings. The van der Waals surface area contributed by atoms with E-state index >= 15 is 0 Å². The minimum Gasteiger partial charge on any atom is -0.358 e. The lowest BCUT2D eigenvalue weighted by molar-refractivity contribution is -0.124. The van der Waals surface area contributed by atoms with Crippen LogP contribution in [-0.4, -0.2) is 40.2 Å². The number of H-pyrrole nitrogens is 1. The Labute approximate surface area is 180 Å². The summed E-state index contributed by atoms with van der Waals surface area (Å²) in [5, 5.41) is 13.2. The minimum atomic E-state index is -4.67. The monoisotopic (exact) mass is 447 g/mol. The maximum Gasteiger partial charge on any atom is 0.394 e. The Morgan fingerprint density at radius 1 is 1.10 bits per heavy atom. The van der Waals surface area contributed by atoms with Gasteiger partial charge in [-0.05, 0) is 48.7 Å². The van der Waals surface area contributed by atoms with Crippen molar-refractivity contribution in [3.05, 3.63) is 77.0 Å². The van der Waals surface area contributed by atoms with Crippen molar-refractivity contribution in [3.8, 4) is 0 Å². The molecule has 0 atom stereocenters. The number of aromatic amines is 1. The smallest absolute Gasteiger partial charge is 0.358 e. The number of hydrogen-bond donors (Lipinski definition) is 6. The summed E-state index contributed by atoms with van der Waals surface area (Å²) in [6.45, 7) is 3.82. The van der Waals surface area contributed by atoms with E-state index in [1.54, 1.807) is 11.6 Å². The highest BCUT2D eigenvalue weighted by Crippen LogP contribution is 2.21. The molecule has 2 aromatic carbocycles. The number of amides is 1. The Kier molecular flexibility index (Phi) is 8.91. The number of nitrogens with one attached hydrogen (secondary N) is 3. The lowest BCUT2D eigenvalue weighted by Gasteiger charge is -2.06. The van der Waals surface area contributed by atoms with Crippen LogP contribution in [0.2, 0.25) is 0 Å². The summed E-state index contributed by atoms with van der Waals surface area (Å²) < 4.78 is 31.6. The van der Waals surface area contributed by atoms with Gasteiger partial charge in [0.1, 0.15) is 0 Å². The fourth-order valence-corrected chi connectivity index (χ4v) is 3.06. The predicted octanol–water partition coefficient (Wildman–Crippen LogP) is 2.67. The summed E-state index contributed by atoms with van der Waals surface area (Å²) in [6.07, 6.45) is 3.92. The van der Waals surface area contributed by atoms with Crippen molar-refractivity contribution in [2.24, 2.45) is 0 Å². The second-order valence-electron chi connectivity index (χ2n) is 6.70. The molecule has 3 aromatic rings. The van der Waals surface area contributed by atoms with E-state index < -0.39 is 16.3 Å². The minimum absolute atomic E-state index is 0.539. The molecule has 1 heterocycles. The molecule has 0 aliphatic heterocycles. The highest BCUT2D eigenvalue weighted by molar-refractivity contribution is 7.79. The second-order valence-corrected chi connectivity index (χ2v) is 7.60. The Balaban J connectivity index is 0.000000614. The molecule has 0 fully saturated rings. The van der Waals surface area contributed by atoms with Crippen LogP contribution in [0.5, 0.6) is 0 Å². The maximum absolute atomic E-state index is 11.0. The Morgan fingerprint density at radius 3 is 2.39 bits per heavy atom. The first kappa shape index (κ1) is 24.3. The number of carbonyl (C=O) groups excluding carboxylic acids is 1. The molecule has 10 heteroatoms. The van der Waals surface area contributed by atoms with Crippen molar-refractivity contribution >= 4 is 33.3 Å². The van der Waals surface area contributed by atoms with Crippen molar-refractivity contribution in [1.29, 1.82) is 0 Å². The van der Waals surface area contributed by atoms with Crippen LogP contribution >= 0.6 is 0 Å². The van der Waals surface area contributed by atoms with E-state index in [0.29, 0.717) is 0 Å². The van der Waals surface area contributed by atoms with Gasteiger partial charge >= 0.3 is 10.4 Å². The lowest BCUT2D eigenvalue weighted by atomic mass is 10.1. The average molecular weight is 448 g/mol. The lowest BCUT2D eigenvalue weighted by Crippen LogP contribution is -2.16. The van der Waals surface area contributed by atoms with Crippen molar-refractivity contribution in [2.45, 2.75) is 19.9 Å². The number of para-hydroxylation sites is 1. The molecular formula is C21H25N3O6S. The van der Waals surface area contributed by atoms with E-state index in [1.807, 2.05) is 24.3 Å². The zero-order chi connectivity index (χ0) is 22.9. The molecule has 0 radical (unpaired) electrons. The number of benzene rings is 2. The van der Waals surface area contributed by atoms with Gasteiger partial charge in [-0.3, -0.25) is 19.1 Å². The van der Waals surface area contributed by atoms with E-state index in [0.717, 1.165) is 25.1 Å². The third-order valence-electron chi connectivity index (χ3n) is 4.42. The van der Waals surface area contributed by atoms with E-state index in [9.17, 15) is 4.79 Å². The molecule has 6 N–H and O–H groups in total. The van der Waals surface area contributed by atoms with Gasteiger partial charge in [-0.1, -0.05) is 42.5 Å². The van der Waals surface area contributed by atoms with Crippen LogP contribution in [0, 0.1) is 6.92 Å². The van der Waals surface area contributed by atoms with Crippen molar-refractivity contribution in [1.82, 2.24) is 15.8 Å². The molecule has 1 aromatic heterocycles. The largest absolute Gasteiger partial charge is 0.394 e. The highest BCUT2D eigenvalue weighted by atomic mass is 32.3. The van der Waals surface area contributed by atoms with E-state index in [2.05, 4.69) is 41.5 Å². The summed E-state index contributed by atoms with van der Waals surface area (Å²) in [5.74, 6) is -0.539. The Morgan fingerprint density at radius 2 is 1.74 bits per heavy atom. The first-order valence-corrected chi connectivity index (χ1v) is 10.7. The average Bonchev–Trinajstić information content (AvgIpc) is 3.04. The van der Waals surface area contributed by atoms with Gasteiger partial charge in [-0.2, -0.15) is 8.42 Å². The van der Waals surface area contributed by atoms with Crippen LogP contribution in [0.3, 0.4) is 0 Å². The summed E-state index contributed by atoms with van der Waals surface area (Å²) >= 11 is 0. The van der Waals surface area contributed by atoms with Crippen molar-refractivity contribution in [2.75, 3.05) is 6.54 Å². The van der Waals surface area contributed by atoms with Crippen molar-refractivity contribution < 1.29 is 27.5 Å². The first-order chi connectivity index (χ1) is 14.7. The third kappa shape index (κ3) is 8.70. The Hall–Kier alpha value is -3.02. The molecule has 166 valence electrons. The molecule has 1 amide bonds. The van der Waals surface area contributed by atoms with Crippen LogP contribution < -0.4 is 10.8 Å². The molecule has 0 saturated heterocycles. The highest BCUT2D eigenvalue weighted by Gasteiger charge is 2.07. The molecule has 3 rings (SSSR count). The fraction of sp³-hybridized carbons (Fsp3) is 0.190. The summed E-state index contributed by atoms with van der Waals surface area (Å²) in [6, 6.07) is 16.4. The molecule has 9 nitrogen and oxygen atoms in total. The Bertz CT molecular complexity index is 1130. The van der Waals surface area contributed by atoms with Crippen molar-refractivity contribution in [3.63, 3.8) is 0 Å². The number of carbonyl (C=O) groups is 1. The molecule has 0 bridgehead atoms. The molecule has 0 aliphatic carbocycles. The van der Waals surface area contributed by atoms with Crippen LogP contribution in [-0.2, 0) is 28.2 Å². The standard InChI is InChI=1S/C21H23N3O2.H2O4S/c1-15-18(19-4-2-3-5-20(19)23-15)12-13-22-14-17-8-6-16(7-9-17)10-11-21(25)24-26;1-5(2,3)4/h2-11,22-23,26H,12-14H2,1H3,(H,24,25);(H2,1,2,3,4)/b11-10+;. The zero-order valence-electron chi connectivity index (χ0n) is 16.9. The predicted molar refractivity (Wildman–Crippen MR) is 118 cm³/mol. The number of hydrogen-bond acceptors (Lipinski definition) is 5. The number of rotatable bonds is 7. The van der Waals surface area contributed by atoms with Gasteiger partial charge in [0, 0.05) is 29.2 Å². The second kappa shape index (κ2) is 11.4. The van der Waals surface area contributed by atoms with Gasteiger partial charge < -0.3 is 10.3 Å². The zero-order valence-corrected chi connectivity index (χ0v) is 17.7. The van der Waals surface area contributed by atoms with E-state index in [-0.39, 0.29) is 0 Å². The van der Waals surface area contributed by atoms with Crippen LogP contribution in [0.25, 0.3) is 17.0 Å². The van der Waals surface area contributed by atoms with Gasteiger partial charge in [0.25, 0.3) is 5.91 Å². The molecular weight excluding hydrogens is 422 g/mol. The normalized spacial score (nSPS) is 11.4. The van der Waals surface area contributed by atoms with Gasteiger partial charge in [-0.15, -0.1) is 0 Å². The molecule has 0 spiro atoms. The maximum atomic E-state index is 11.0. The van der Waals surface area contributed by atoms with Gasteiger partial charge in [-0.25, -0.2) is 5.48 Å². The van der Waals surface area contributed by atoms with Gasteiger partial charge in [0.05, 0.1) is 0 Å². The quantitative estimate of drug-likeness (QED) is 0.107. The number of hydroxylamine groups is 1. The van der Waals surface area contributed by atoms with Gasteiger partial charge in [0.2, 0.25) is 0 Å². The fourth-order valence-electron chi connectivity index (χ4n) is 3.06. The van der Waals surface area contributed by atoms with E-state index in [4.69, 9.17) is 22.7 Å². The molecule has 0 saturated carbocycles. The first-order valence-electron chi connectivity index (χ1n) is 9.35. The topological polar surface area (TPSA) is 152 Å². The third-order valence-corrected chi connectivity index (χ3v) is 4.42. The molecule has 0 unspecified atom stereocenters. The summed E-state index contributed by atoms with van der Waals surface area (Å²) in [5.41, 5.74) is 7.46. The number of aryl methyl sites for hydroxylation is 1. The summed E-state index contributed by atoms with van der Waals surface area (Å²) in [7, 11) is -4.67. The SMILES string of the molecule is Cc1[nH]c2ccccc2c1CCNCc1ccc(/C=C/C(=O)NO)cc1.O=S(=O)(O)O. The number of fused-ring (bicyclic) bond motifs is 1. The van der Waals surface area contributed by atoms with Crippen LogP contribution in [0.15, 0.2) is 54.6 Å². The van der Waals surface area contributed by atoms with Gasteiger partial charge in [0.15, 0.2) is 0 Å². The summed E-state index contributed by atoms with van der Waals surface area (Å²) in [4.78, 5) is 14.4. The van der Waals surface area contributed by atoms with E-state index in [1.165, 1.54) is 33.8 Å². The number of aromatic nitrogens is 1. The molecule has 31 heavy (non-hydrogen) atoms.